The molecule has 4 aromatic rings. The van der Waals surface area contributed by atoms with Gasteiger partial charge in [-0.25, -0.2) is 4.98 Å². The summed E-state index contributed by atoms with van der Waals surface area (Å²) >= 11 is 1.77. The van der Waals surface area contributed by atoms with Crippen LogP contribution in [0.5, 0.6) is 11.5 Å². The van der Waals surface area contributed by atoms with E-state index in [0.717, 1.165) is 46.9 Å². The molecular weight excluding hydrogens is 384 g/mol. The molecule has 1 aliphatic heterocycles. The molecule has 0 bridgehead atoms. The van der Waals surface area contributed by atoms with Gasteiger partial charge >= 0.3 is 0 Å². The molecule has 2 aromatic heterocycles. The molecule has 3 heterocycles. The van der Waals surface area contributed by atoms with Crippen molar-refractivity contribution in [1.82, 2.24) is 9.97 Å². The summed E-state index contributed by atoms with van der Waals surface area (Å²) < 4.78 is 11.3. The van der Waals surface area contributed by atoms with Crippen molar-refractivity contribution in [3.05, 3.63) is 64.9 Å². The Labute approximate surface area is 172 Å². The first-order valence-corrected chi connectivity index (χ1v) is 10.4. The number of fused-ring (bicyclic) bond motifs is 2. The second-order valence-corrected chi connectivity index (χ2v) is 7.68. The van der Waals surface area contributed by atoms with E-state index in [1.165, 1.54) is 4.88 Å². The van der Waals surface area contributed by atoms with Crippen LogP contribution >= 0.6 is 11.3 Å². The zero-order chi connectivity index (χ0) is 19.5. The van der Waals surface area contributed by atoms with Crippen LogP contribution in [0.3, 0.4) is 0 Å². The fourth-order valence-corrected chi connectivity index (χ4v) is 3.99. The van der Waals surface area contributed by atoms with Gasteiger partial charge in [0.25, 0.3) is 0 Å². The zero-order valence-corrected chi connectivity index (χ0v) is 16.5. The SMILES string of the molecule is c1csc(CCNc2nc(Nc3ccc4c(c3)OCCO4)nc3ccccc23)c1. The van der Waals surface area contributed by atoms with Crippen LogP contribution in [0, 0.1) is 0 Å². The Hall–Kier alpha value is -3.32. The number of anilines is 3. The lowest BCUT2D eigenvalue weighted by Gasteiger charge is -2.19. The molecule has 5 rings (SSSR count). The largest absolute Gasteiger partial charge is 0.486 e. The maximum atomic E-state index is 5.67. The van der Waals surface area contributed by atoms with Crippen molar-refractivity contribution < 1.29 is 9.47 Å². The van der Waals surface area contributed by atoms with Crippen LogP contribution in [-0.2, 0) is 6.42 Å². The van der Waals surface area contributed by atoms with Crippen LogP contribution < -0.4 is 20.1 Å². The minimum absolute atomic E-state index is 0.541. The predicted octanol–water partition coefficient (Wildman–Crippen LogP) is 4.86. The summed E-state index contributed by atoms with van der Waals surface area (Å²) in [6.45, 7) is 1.94. The van der Waals surface area contributed by atoms with Gasteiger partial charge in [-0.3, -0.25) is 0 Å². The standard InChI is InChI=1S/C22H20N4O2S/c1-2-6-18-17(5-1)21(23-10-9-16-4-3-13-29-16)26-22(25-18)24-15-7-8-19-20(14-15)28-12-11-27-19/h1-8,13-14H,9-12H2,(H2,23,24,25,26). The monoisotopic (exact) mass is 404 g/mol. The molecule has 0 fully saturated rings. The Balaban J connectivity index is 1.40. The van der Waals surface area contributed by atoms with E-state index >= 15 is 0 Å². The van der Waals surface area contributed by atoms with Gasteiger partial charge in [0.15, 0.2) is 11.5 Å². The number of hydrogen-bond donors (Lipinski definition) is 2. The van der Waals surface area contributed by atoms with Crippen LogP contribution in [0.15, 0.2) is 60.0 Å². The van der Waals surface area contributed by atoms with Gasteiger partial charge in [-0.1, -0.05) is 18.2 Å². The Morgan fingerprint density at radius 2 is 1.83 bits per heavy atom. The number of ether oxygens (including phenoxy) is 2. The summed E-state index contributed by atoms with van der Waals surface area (Å²) in [5, 5.41) is 9.88. The normalized spacial score (nSPS) is 12.7. The molecular formula is C22H20N4O2S. The molecule has 2 aromatic carbocycles. The summed E-state index contributed by atoms with van der Waals surface area (Å²) in [4.78, 5) is 10.7. The highest BCUT2D eigenvalue weighted by atomic mass is 32.1. The number of hydrogen-bond acceptors (Lipinski definition) is 7. The number of thiophene rings is 1. The van der Waals surface area contributed by atoms with Crippen LogP contribution in [0.1, 0.15) is 4.88 Å². The second-order valence-electron chi connectivity index (χ2n) is 6.65. The van der Waals surface area contributed by atoms with Crippen molar-refractivity contribution in [2.45, 2.75) is 6.42 Å². The predicted molar refractivity (Wildman–Crippen MR) is 117 cm³/mol. The van der Waals surface area contributed by atoms with Gasteiger partial charge in [0.1, 0.15) is 19.0 Å². The quantitative estimate of drug-likeness (QED) is 0.478. The van der Waals surface area contributed by atoms with E-state index in [-0.39, 0.29) is 0 Å². The highest BCUT2D eigenvalue weighted by Crippen LogP contribution is 2.33. The highest BCUT2D eigenvalue weighted by Gasteiger charge is 2.13. The Morgan fingerprint density at radius 3 is 2.72 bits per heavy atom. The molecule has 6 nitrogen and oxygen atoms in total. The average Bonchev–Trinajstić information content (AvgIpc) is 3.27. The molecule has 7 heteroatoms. The van der Waals surface area contributed by atoms with Gasteiger partial charge in [0.05, 0.1) is 5.52 Å². The molecule has 0 saturated heterocycles. The van der Waals surface area contributed by atoms with Gasteiger partial charge in [-0.15, -0.1) is 11.3 Å². The van der Waals surface area contributed by atoms with Crippen molar-refractivity contribution in [1.29, 1.82) is 0 Å². The van der Waals surface area contributed by atoms with Crippen LogP contribution in [-0.4, -0.2) is 29.7 Å². The van der Waals surface area contributed by atoms with Crippen LogP contribution in [0.2, 0.25) is 0 Å². The van der Waals surface area contributed by atoms with Gasteiger partial charge in [0, 0.05) is 28.6 Å². The first-order valence-electron chi connectivity index (χ1n) is 9.55. The number of aromatic nitrogens is 2. The molecule has 1 aliphatic rings. The van der Waals surface area contributed by atoms with Crippen LogP contribution in [0.25, 0.3) is 10.9 Å². The topological polar surface area (TPSA) is 68.3 Å². The molecule has 0 aliphatic carbocycles. The van der Waals surface area contributed by atoms with Gasteiger partial charge < -0.3 is 20.1 Å². The fraction of sp³-hybridized carbons (Fsp3) is 0.182. The lowest BCUT2D eigenvalue weighted by Crippen LogP contribution is -2.15. The molecule has 2 N–H and O–H groups in total. The maximum absolute atomic E-state index is 5.67. The van der Waals surface area contributed by atoms with E-state index < -0.39 is 0 Å². The van der Waals surface area contributed by atoms with E-state index in [1.807, 2.05) is 42.5 Å². The molecule has 0 atom stereocenters. The van der Waals surface area contributed by atoms with Gasteiger partial charge in [-0.2, -0.15) is 4.98 Å². The summed E-state index contributed by atoms with van der Waals surface area (Å²) in [5.41, 5.74) is 1.75. The van der Waals surface area contributed by atoms with Crippen LogP contribution in [0.4, 0.5) is 17.5 Å². The van der Waals surface area contributed by atoms with E-state index in [1.54, 1.807) is 11.3 Å². The van der Waals surface area contributed by atoms with E-state index in [0.29, 0.717) is 19.2 Å². The third-order valence-corrected chi connectivity index (χ3v) is 5.58. The molecule has 0 radical (unpaired) electrons. The Kier molecular flexibility index (Phi) is 4.88. The fourth-order valence-electron chi connectivity index (χ4n) is 3.28. The highest BCUT2D eigenvalue weighted by molar-refractivity contribution is 7.09. The summed E-state index contributed by atoms with van der Waals surface area (Å²) in [7, 11) is 0. The molecule has 0 amide bonds. The summed E-state index contributed by atoms with van der Waals surface area (Å²) in [5.74, 6) is 2.86. The first kappa shape index (κ1) is 17.8. The third-order valence-electron chi connectivity index (χ3n) is 4.65. The third kappa shape index (κ3) is 3.95. The zero-order valence-electron chi connectivity index (χ0n) is 15.7. The van der Waals surface area contributed by atoms with Crippen molar-refractivity contribution >= 4 is 39.7 Å². The summed E-state index contributed by atoms with van der Waals surface area (Å²) in [6, 6.07) is 18.0. The van der Waals surface area contributed by atoms with Crippen molar-refractivity contribution in [2.75, 3.05) is 30.4 Å². The van der Waals surface area contributed by atoms with Crippen molar-refractivity contribution in [3.8, 4) is 11.5 Å². The average molecular weight is 404 g/mol. The van der Waals surface area contributed by atoms with E-state index in [2.05, 4.69) is 33.1 Å². The number of rotatable bonds is 6. The lowest BCUT2D eigenvalue weighted by molar-refractivity contribution is 0.171. The van der Waals surface area contributed by atoms with Gasteiger partial charge in [-0.05, 0) is 42.1 Å². The Morgan fingerprint density at radius 1 is 0.931 bits per heavy atom. The maximum Gasteiger partial charge on any atom is 0.229 e. The number of para-hydroxylation sites is 1. The molecule has 29 heavy (non-hydrogen) atoms. The minimum atomic E-state index is 0.541. The van der Waals surface area contributed by atoms with Crippen molar-refractivity contribution in [2.24, 2.45) is 0 Å². The lowest BCUT2D eigenvalue weighted by atomic mass is 10.2. The first-order chi connectivity index (χ1) is 14.3. The number of nitrogens with one attached hydrogen (secondary N) is 2. The van der Waals surface area contributed by atoms with Gasteiger partial charge in [0.2, 0.25) is 5.95 Å². The van der Waals surface area contributed by atoms with E-state index in [4.69, 9.17) is 14.5 Å². The molecule has 0 unspecified atom stereocenters. The smallest absolute Gasteiger partial charge is 0.229 e. The van der Waals surface area contributed by atoms with Crippen molar-refractivity contribution in [3.63, 3.8) is 0 Å². The molecule has 0 saturated carbocycles. The number of nitrogens with zero attached hydrogens (tertiary/aromatic N) is 2. The Bertz CT molecular complexity index is 1130. The molecule has 0 spiro atoms. The minimum Gasteiger partial charge on any atom is -0.486 e. The molecule has 146 valence electrons. The second kappa shape index (κ2) is 7.97. The number of benzene rings is 2. The van der Waals surface area contributed by atoms with E-state index in [9.17, 15) is 0 Å². The summed E-state index contributed by atoms with van der Waals surface area (Å²) in [6.07, 6.45) is 0.959.